The molecule has 2 amide bonds. The Labute approximate surface area is 157 Å². The van der Waals surface area contributed by atoms with Gasteiger partial charge in [-0.3, -0.25) is 9.59 Å². The highest BCUT2D eigenvalue weighted by Crippen LogP contribution is 2.18. The van der Waals surface area contributed by atoms with Crippen LogP contribution in [0.4, 0.5) is 5.69 Å². The number of likely N-dealkylation sites (tertiary alicyclic amines) is 1. The minimum atomic E-state index is -0.292. The molecule has 1 fully saturated rings. The van der Waals surface area contributed by atoms with E-state index in [1.54, 1.807) is 41.3 Å². The first kappa shape index (κ1) is 18.4. The van der Waals surface area contributed by atoms with Crippen molar-refractivity contribution in [2.45, 2.75) is 25.4 Å². The number of halogens is 1. The predicted molar refractivity (Wildman–Crippen MR) is 101 cm³/mol. The summed E-state index contributed by atoms with van der Waals surface area (Å²) >= 11 is 6.03. The molecule has 2 N–H and O–H groups in total. The Morgan fingerprint density at radius 3 is 2.38 bits per heavy atom. The summed E-state index contributed by atoms with van der Waals surface area (Å²) in [6.45, 7) is 1.21. The number of nitrogens with one attached hydrogen (secondary N) is 1. The van der Waals surface area contributed by atoms with Crippen molar-refractivity contribution in [1.82, 2.24) is 4.90 Å². The highest BCUT2D eigenvalue weighted by Gasteiger charge is 2.21. The number of nitrogens with zero attached hydrogens (tertiary/aromatic N) is 1. The van der Waals surface area contributed by atoms with Gasteiger partial charge in [0.25, 0.3) is 5.91 Å². The number of hydrogen-bond donors (Lipinski definition) is 2. The largest absolute Gasteiger partial charge is 0.393 e. The maximum absolute atomic E-state index is 12.3. The topological polar surface area (TPSA) is 69.6 Å². The molecule has 0 aliphatic carbocycles. The monoisotopic (exact) mass is 372 g/mol. The summed E-state index contributed by atoms with van der Waals surface area (Å²) in [7, 11) is 0. The van der Waals surface area contributed by atoms with E-state index < -0.39 is 0 Å². The number of carbonyl (C=O) groups excluding carboxylic acids is 2. The lowest BCUT2D eigenvalue weighted by molar-refractivity contribution is -0.132. The fraction of sp³-hybridized carbons (Fsp3) is 0.300. The molecule has 0 aromatic heterocycles. The Kier molecular flexibility index (Phi) is 5.91. The third-order valence-electron chi connectivity index (χ3n) is 4.50. The maximum atomic E-state index is 12.3. The van der Waals surface area contributed by atoms with Crippen molar-refractivity contribution in [2.24, 2.45) is 0 Å². The van der Waals surface area contributed by atoms with E-state index in [9.17, 15) is 14.7 Å². The Hall–Kier alpha value is -2.37. The summed E-state index contributed by atoms with van der Waals surface area (Å²) < 4.78 is 0. The molecule has 2 aromatic rings. The summed E-state index contributed by atoms with van der Waals surface area (Å²) in [5, 5.41) is 12.7. The van der Waals surface area contributed by atoms with Crippen molar-refractivity contribution >= 4 is 29.1 Å². The van der Waals surface area contributed by atoms with Crippen LogP contribution in [0.2, 0.25) is 5.02 Å². The number of aliphatic hydroxyl groups is 1. The highest BCUT2D eigenvalue weighted by atomic mass is 35.5. The van der Waals surface area contributed by atoms with Crippen LogP contribution >= 0.6 is 11.6 Å². The van der Waals surface area contributed by atoms with Crippen LogP contribution in [0.15, 0.2) is 48.5 Å². The average molecular weight is 373 g/mol. The van der Waals surface area contributed by atoms with Crippen molar-refractivity contribution < 1.29 is 14.7 Å². The number of benzene rings is 2. The smallest absolute Gasteiger partial charge is 0.257 e. The predicted octanol–water partition coefficient (Wildman–Crippen LogP) is 3.12. The van der Waals surface area contributed by atoms with Gasteiger partial charge in [-0.2, -0.15) is 0 Å². The number of amides is 2. The van der Waals surface area contributed by atoms with Crippen LogP contribution in [0.3, 0.4) is 0 Å². The molecule has 0 unspecified atom stereocenters. The zero-order chi connectivity index (χ0) is 18.5. The van der Waals surface area contributed by atoms with Gasteiger partial charge in [0.05, 0.1) is 23.1 Å². The number of aliphatic hydroxyl groups excluding tert-OH is 1. The van der Waals surface area contributed by atoms with Crippen molar-refractivity contribution in [3.8, 4) is 0 Å². The quantitative estimate of drug-likeness (QED) is 0.866. The molecule has 5 nitrogen and oxygen atoms in total. The Morgan fingerprint density at radius 1 is 1.08 bits per heavy atom. The lowest BCUT2D eigenvalue weighted by Crippen LogP contribution is -2.40. The van der Waals surface area contributed by atoms with Crippen molar-refractivity contribution in [2.75, 3.05) is 18.4 Å². The summed E-state index contributed by atoms with van der Waals surface area (Å²) in [6, 6.07) is 14.1. The van der Waals surface area contributed by atoms with E-state index in [1.807, 2.05) is 12.1 Å². The van der Waals surface area contributed by atoms with Gasteiger partial charge in [-0.1, -0.05) is 35.9 Å². The van der Waals surface area contributed by atoms with Gasteiger partial charge < -0.3 is 15.3 Å². The molecule has 26 heavy (non-hydrogen) atoms. The van der Waals surface area contributed by atoms with Crippen LogP contribution in [0, 0.1) is 0 Å². The Bertz CT molecular complexity index is 784. The molecule has 1 heterocycles. The van der Waals surface area contributed by atoms with Gasteiger partial charge in [0.2, 0.25) is 5.91 Å². The Balaban J connectivity index is 1.57. The first-order chi connectivity index (χ1) is 12.5. The van der Waals surface area contributed by atoms with E-state index in [2.05, 4.69) is 5.32 Å². The van der Waals surface area contributed by atoms with E-state index in [0.29, 0.717) is 48.6 Å². The van der Waals surface area contributed by atoms with Crippen LogP contribution in [0.5, 0.6) is 0 Å². The second-order valence-corrected chi connectivity index (χ2v) is 6.83. The third-order valence-corrected chi connectivity index (χ3v) is 4.83. The first-order valence-corrected chi connectivity index (χ1v) is 9.01. The normalized spacial score (nSPS) is 14.9. The molecule has 6 heteroatoms. The number of piperidine rings is 1. The molecular weight excluding hydrogens is 352 g/mol. The highest BCUT2D eigenvalue weighted by molar-refractivity contribution is 6.34. The summed E-state index contributed by atoms with van der Waals surface area (Å²) in [5.41, 5.74) is 1.95. The molecular formula is C20H21ClN2O3. The fourth-order valence-electron chi connectivity index (χ4n) is 2.95. The molecule has 1 saturated heterocycles. The zero-order valence-corrected chi connectivity index (χ0v) is 15.1. The molecule has 0 radical (unpaired) electrons. The van der Waals surface area contributed by atoms with E-state index >= 15 is 0 Å². The van der Waals surface area contributed by atoms with Gasteiger partial charge in [0.15, 0.2) is 0 Å². The summed E-state index contributed by atoms with van der Waals surface area (Å²) in [6.07, 6.45) is 1.30. The lowest BCUT2D eigenvalue weighted by Gasteiger charge is -2.29. The number of hydrogen-bond acceptors (Lipinski definition) is 3. The minimum Gasteiger partial charge on any atom is -0.393 e. The molecule has 3 rings (SSSR count). The van der Waals surface area contributed by atoms with Gasteiger partial charge in [-0.05, 0) is 42.7 Å². The second kappa shape index (κ2) is 8.34. The minimum absolute atomic E-state index is 0.0600. The summed E-state index contributed by atoms with van der Waals surface area (Å²) in [4.78, 5) is 26.4. The molecule has 0 spiro atoms. The molecule has 136 valence electrons. The number of carbonyl (C=O) groups is 2. The molecule has 0 bridgehead atoms. The van der Waals surface area contributed by atoms with Crippen LogP contribution in [0.25, 0.3) is 0 Å². The Morgan fingerprint density at radius 2 is 1.73 bits per heavy atom. The average Bonchev–Trinajstić information content (AvgIpc) is 2.64. The van der Waals surface area contributed by atoms with Gasteiger partial charge in [0, 0.05) is 18.8 Å². The zero-order valence-electron chi connectivity index (χ0n) is 14.3. The molecule has 0 saturated carbocycles. The lowest BCUT2D eigenvalue weighted by atomic mass is 10.1. The number of anilines is 1. The fourth-order valence-corrected chi connectivity index (χ4v) is 3.17. The van der Waals surface area contributed by atoms with Crippen LogP contribution < -0.4 is 5.32 Å². The second-order valence-electron chi connectivity index (χ2n) is 6.42. The third kappa shape index (κ3) is 4.62. The number of rotatable bonds is 4. The van der Waals surface area contributed by atoms with Gasteiger partial charge >= 0.3 is 0 Å². The molecule has 0 atom stereocenters. The van der Waals surface area contributed by atoms with Crippen LogP contribution in [0.1, 0.15) is 28.8 Å². The van der Waals surface area contributed by atoms with Crippen molar-refractivity contribution in [3.05, 3.63) is 64.7 Å². The van der Waals surface area contributed by atoms with Gasteiger partial charge in [-0.15, -0.1) is 0 Å². The van der Waals surface area contributed by atoms with E-state index in [4.69, 9.17) is 11.6 Å². The van der Waals surface area contributed by atoms with Gasteiger partial charge in [-0.25, -0.2) is 0 Å². The molecule has 2 aromatic carbocycles. The van der Waals surface area contributed by atoms with Crippen molar-refractivity contribution in [3.63, 3.8) is 0 Å². The van der Waals surface area contributed by atoms with E-state index in [-0.39, 0.29) is 17.9 Å². The molecule has 1 aliphatic rings. The maximum Gasteiger partial charge on any atom is 0.257 e. The SMILES string of the molecule is O=C(Nc1ccc(CC(=O)N2CCC(O)CC2)cc1)c1ccccc1Cl. The summed E-state index contributed by atoms with van der Waals surface area (Å²) in [5.74, 6) is -0.212. The van der Waals surface area contributed by atoms with Crippen molar-refractivity contribution in [1.29, 1.82) is 0 Å². The van der Waals surface area contributed by atoms with Gasteiger partial charge in [0.1, 0.15) is 0 Å². The standard InChI is InChI=1S/C20H21ClN2O3/c21-18-4-2-1-3-17(18)20(26)22-15-7-5-14(6-8-15)13-19(25)23-11-9-16(24)10-12-23/h1-8,16,24H,9-13H2,(H,22,26). The van der Waals surface area contributed by atoms with Crippen LogP contribution in [-0.2, 0) is 11.2 Å². The van der Waals surface area contributed by atoms with E-state index in [0.717, 1.165) is 5.56 Å². The van der Waals surface area contributed by atoms with Crippen LogP contribution in [-0.4, -0.2) is 41.0 Å². The molecule has 1 aliphatic heterocycles. The van der Waals surface area contributed by atoms with E-state index in [1.165, 1.54) is 0 Å². The first-order valence-electron chi connectivity index (χ1n) is 8.63.